The molecule has 154 valence electrons. The molecule has 1 aliphatic heterocycles. The van der Waals surface area contributed by atoms with Gasteiger partial charge >= 0.3 is 0 Å². The van der Waals surface area contributed by atoms with Crippen LogP contribution >= 0.6 is 0 Å². The van der Waals surface area contributed by atoms with E-state index in [0.29, 0.717) is 24.6 Å². The van der Waals surface area contributed by atoms with Crippen LogP contribution in [-0.4, -0.2) is 47.2 Å². The van der Waals surface area contributed by atoms with Crippen LogP contribution in [0.15, 0.2) is 24.4 Å². The van der Waals surface area contributed by atoms with Gasteiger partial charge in [-0.2, -0.15) is 0 Å². The van der Waals surface area contributed by atoms with Crippen LogP contribution in [0.5, 0.6) is 11.5 Å². The van der Waals surface area contributed by atoms with Crippen molar-refractivity contribution in [3.8, 4) is 11.5 Å². The Hall–Kier alpha value is -2.27. The van der Waals surface area contributed by atoms with Crippen molar-refractivity contribution in [1.29, 1.82) is 0 Å². The smallest absolute Gasteiger partial charge is 0.163 e. The molecule has 2 unspecified atom stereocenters. The number of nitrogens with one attached hydrogen (secondary N) is 1. The zero-order valence-electron chi connectivity index (χ0n) is 17.7. The molecule has 1 saturated carbocycles. The highest BCUT2D eigenvalue weighted by atomic mass is 16.5. The van der Waals surface area contributed by atoms with Crippen molar-refractivity contribution in [3.63, 3.8) is 0 Å². The molecule has 2 aromatic heterocycles. The Morgan fingerprint density at radius 2 is 1.86 bits per heavy atom. The molecule has 1 aromatic carbocycles. The molecule has 0 spiro atoms. The van der Waals surface area contributed by atoms with E-state index in [9.17, 15) is 0 Å². The molecule has 0 radical (unpaired) electrons. The normalized spacial score (nSPS) is 22.6. The molecule has 5 heteroatoms. The maximum atomic E-state index is 6.17. The van der Waals surface area contributed by atoms with E-state index in [4.69, 9.17) is 9.47 Å². The van der Waals surface area contributed by atoms with Crippen LogP contribution in [0.2, 0.25) is 0 Å². The summed E-state index contributed by atoms with van der Waals surface area (Å²) in [6.45, 7) is 6.46. The summed E-state index contributed by atoms with van der Waals surface area (Å²) in [5, 5.41) is 2.42. The number of pyridine rings is 1. The zero-order valence-corrected chi connectivity index (χ0v) is 17.7. The standard InChI is InChI=1S/C24H31N3O2/c1-15-5-6-16(2)27(15)11-4-12-29-22-14-20-18(13-21(22)28-3)23-19(26-20)9-10-25-24(23)17-7-8-17/h9-10,13-17,26H,4-8,11-12H2,1-3H3. The maximum absolute atomic E-state index is 6.17. The lowest BCUT2D eigenvalue weighted by molar-refractivity contribution is 0.190. The minimum Gasteiger partial charge on any atom is -0.493 e. The van der Waals surface area contributed by atoms with Crippen molar-refractivity contribution in [2.24, 2.45) is 0 Å². The van der Waals surface area contributed by atoms with Gasteiger partial charge in [-0.05, 0) is 58.1 Å². The Labute approximate surface area is 172 Å². The lowest BCUT2D eigenvalue weighted by Gasteiger charge is -2.25. The van der Waals surface area contributed by atoms with E-state index in [2.05, 4.69) is 46.9 Å². The van der Waals surface area contributed by atoms with Crippen molar-refractivity contribution in [2.75, 3.05) is 20.3 Å². The first-order chi connectivity index (χ1) is 14.2. The van der Waals surface area contributed by atoms with E-state index in [0.717, 1.165) is 35.5 Å². The van der Waals surface area contributed by atoms with E-state index in [-0.39, 0.29) is 0 Å². The van der Waals surface area contributed by atoms with Gasteiger partial charge in [0.2, 0.25) is 0 Å². The average molecular weight is 394 g/mol. The average Bonchev–Trinajstić information content (AvgIpc) is 3.44. The summed E-state index contributed by atoms with van der Waals surface area (Å²) in [5.74, 6) is 2.22. The minimum absolute atomic E-state index is 0.606. The van der Waals surface area contributed by atoms with Crippen molar-refractivity contribution < 1.29 is 9.47 Å². The fourth-order valence-corrected chi connectivity index (χ4v) is 4.94. The number of likely N-dealkylation sites (tertiary alicyclic amines) is 1. The van der Waals surface area contributed by atoms with E-state index in [1.54, 1.807) is 7.11 Å². The second-order valence-corrected chi connectivity index (χ2v) is 8.78. The number of aromatic nitrogens is 2. The molecule has 1 saturated heterocycles. The monoisotopic (exact) mass is 393 g/mol. The highest BCUT2D eigenvalue weighted by Crippen LogP contribution is 2.45. The summed E-state index contributed by atoms with van der Waals surface area (Å²) in [5.41, 5.74) is 3.46. The van der Waals surface area contributed by atoms with Crippen LogP contribution in [0, 0.1) is 0 Å². The maximum Gasteiger partial charge on any atom is 0.163 e. The quantitative estimate of drug-likeness (QED) is 0.558. The SMILES string of the molecule is COc1cc2c(cc1OCCCN1C(C)CCC1C)[nH]c1ccnc(C3CC3)c12. The van der Waals surface area contributed by atoms with Crippen LogP contribution in [0.25, 0.3) is 21.8 Å². The number of benzene rings is 1. The molecule has 3 aromatic rings. The molecule has 2 fully saturated rings. The number of methoxy groups -OCH3 is 1. The molecule has 5 rings (SSSR count). The van der Waals surface area contributed by atoms with Crippen LogP contribution in [0.1, 0.15) is 57.6 Å². The van der Waals surface area contributed by atoms with Crippen molar-refractivity contribution in [3.05, 3.63) is 30.1 Å². The third kappa shape index (κ3) is 3.46. The van der Waals surface area contributed by atoms with Gasteiger partial charge in [0.1, 0.15) is 0 Å². The van der Waals surface area contributed by atoms with Gasteiger partial charge in [0.25, 0.3) is 0 Å². The molecule has 1 N–H and O–H groups in total. The van der Waals surface area contributed by atoms with Gasteiger partial charge in [-0.1, -0.05) is 0 Å². The summed E-state index contributed by atoms with van der Waals surface area (Å²) in [6, 6.07) is 7.65. The minimum atomic E-state index is 0.606. The summed E-state index contributed by atoms with van der Waals surface area (Å²) in [6.07, 6.45) is 8.05. The van der Waals surface area contributed by atoms with Crippen LogP contribution < -0.4 is 9.47 Å². The number of hydrogen-bond donors (Lipinski definition) is 1. The van der Waals surface area contributed by atoms with Gasteiger partial charge in [0.05, 0.1) is 24.9 Å². The second-order valence-electron chi connectivity index (χ2n) is 8.78. The van der Waals surface area contributed by atoms with Gasteiger partial charge in [-0.25, -0.2) is 0 Å². The van der Waals surface area contributed by atoms with Crippen molar-refractivity contribution >= 4 is 21.8 Å². The van der Waals surface area contributed by atoms with E-state index >= 15 is 0 Å². The van der Waals surface area contributed by atoms with Gasteiger partial charge < -0.3 is 14.5 Å². The summed E-state index contributed by atoms with van der Waals surface area (Å²) in [7, 11) is 1.72. The lowest BCUT2D eigenvalue weighted by atomic mass is 10.1. The van der Waals surface area contributed by atoms with Gasteiger partial charge in [0.15, 0.2) is 11.5 Å². The van der Waals surface area contributed by atoms with Crippen LogP contribution in [0.3, 0.4) is 0 Å². The number of fused-ring (bicyclic) bond motifs is 3. The Bertz CT molecular complexity index is 1010. The number of ether oxygens (including phenoxy) is 2. The number of rotatable bonds is 7. The van der Waals surface area contributed by atoms with E-state index in [1.807, 2.05) is 6.20 Å². The Morgan fingerprint density at radius 3 is 2.59 bits per heavy atom. The molecule has 29 heavy (non-hydrogen) atoms. The lowest BCUT2D eigenvalue weighted by Crippen LogP contribution is -2.34. The van der Waals surface area contributed by atoms with Crippen LogP contribution in [0.4, 0.5) is 0 Å². The number of aromatic amines is 1. The predicted octanol–water partition coefficient (Wildman–Crippen LogP) is 5.24. The highest BCUT2D eigenvalue weighted by Gasteiger charge is 2.28. The van der Waals surface area contributed by atoms with Crippen molar-refractivity contribution in [1.82, 2.24) is 14.9 Å². The summed E-state index contributed by atoms with van der Waals surface area (Å²) < 4.78 is 11.8. The molecule has 0 bridgehead atoms. The fourth-order valence-electron chi connectivity index (χ4n) is 4.94. The largest absolute Gasteiger partial charge is 0.493 e. The Morgan fingerprint density at radius 1 is 1.07 bits per heavy atom. The Balaban J connectivity index is 1.36. The topological polar surface area (TPSA) is 50.4 Å². The second kappa shape index (κ2) is 7.52. The van der Waals surface area contributed by atoms with E-state index < -0.39 is 0 Å². The first-order valence-corrected chi connectivity index (χ1v) is 11.0. The fraction of sp³-hybridized carbons (Fsp3) is 0.542. The first-order valence-electron chi connectivity index (χ1n) is 11.0. The number of hydrogen-bond acceptors (Lipinski definition) is 4. The van der Waals surface area contributed by atoms with Crippen LogP contribution in [-0.2, 0) is 0 Å². The number of nitrogens with zero attached hydrogens (tertiary/aromatic N) is 2. The number of H-pyrrole nitrogens is 1. The molecule has 5 nitrogen and oxygen atoms in total. The highest BCUT2D eigenvalue weighted by molar-refractivity contribution is 6.09. The zero-order chi connectivity index (χ0) is 20.0. The third-order valence-electron chi connectivity index (χ3n) is 6.74. The van der Waals surface area contributed by atoms with Crippen molar-refractivity contribution in [2.45, 2.75) is 64.0 Å². The van der Waals surface area contributed by atoms with Gasteiger partial charge in [-0.15, -0.1) is 0 Å². The van der Waals surface area contributed by atoms with E-state index in [1.165, 1.54) is 42.1 Å². The molecule has 3 heterocycles. The third-order valence-corrected chi connectivity index (χ3v) is 6.74. The molecular formula is C24H31N3O2. The van der Waals surface area contributed by atoms with Gasteiger partial charge in [-0.3, -0.25) is 9.88 Å². The summed E-state index contributed by atoms with van der Waals surface area (Å²) in [4.78, 5) is 10.8. The predicted molar refractivity (Wildman–Crippen MR) is 117 cm³/mol. The summed E-state index contributed by atoms with van der Waals surface area (Å²) >= 11 is 0. The molecule has 2 atom stereocenters. The molecule has 0 amide bonds. The molecule has 1 aliphatic carbocycles. The first kappa shape index (κ1) is 18.7. The van der Waals surface area contributed by atoms with Gasteiger partial charge in [0, 0.05) is 53.1 Å². The Kier molecular flexibility index (Phi) is 4.86. The molecule has 2 aliphatic rings. The molecular weight excluding hydrogens is 362 g/mol.